The van der Waals surface area contributed by atoms with Gasteiger partial charge in [-0.15, -0.1) is 6.58 Å². The molecule has 92 valence electrons. The zero-order valence-electron chi connectivity index (χ0n) is 10.2. The van der Waals surface area contributed by atoms with Gasteiger partial charge in [0.2, 0.25) is 0 Å². The molecule has 0 saturated carbocycles. The third kappa shape index (κ3) is 2.57. The van der Waals surface area contributed by atoms with Crippen molar-refractivity contribution < 1.29 is 14.6 Å². The first-order valence-corrected chi connectivity index (χ1v) is 5.75. The van der Waals surface area contributed by atoms with Crippen LogP contribution in [0.5, 0.6) is 0 Å². The minimum Gasteiger partial charge on any atom is -0.386 e. The predicted octanol–water partition coefficient (Wildman–Crippen LogP) is 2.43. The summed E-state index contributed by atoms with van der Waals surface area (Å²) in [5.74, 6) is -0.681. The van der Waals surface area contributed by atoms with Crippen molar-refractivity contribution in [3.63, 3.8) is 0 Å². The first-order chi connectivity index (χ1) is 8.03. The van der Waals surface area contributed by atoms with E-state index in [1.54, 1.807) is 6.08 Å². The molecular formula is C14H18O3. The second-order valence-electron chi connectivity index (χ2n) is 4.66. The number of aliphatic hydroxyl groups excluding tert-OH is 1. The molecule has 0 bridgehead atoms. The molecule has 1 fully saturated rings. The van der Waals surface area contributed by atoms with E-state index in [1.165, 1.54) is 0 Å². The molecule has 0 spiro atoms. The van der Waals surface area contributed by atoms with E-state index in [0.717, 1.165) is 5.56 Å². The van der Waals surface area contributed by atoms with Gasteiger partial charge in [0.05, 0.1) is 0 Å². The van der Waals surface area contributed by atoms with Gasteiger partial charge in [0, 0.05) is 0 Å². The smallest absolute Gasteiger partial charge is 0.164 e. The highest BCUT2D eigenvalue weighted by Gasteiger charge is 2.43. The summed E-state index contributed by atoms with van der Waals surface area (Å²) in [6, 6.07) is 9.45. The van der Waals surface area contributed by atoms with E-state index in [-0.39, 0.29) is 6.10 Å². The second-order valence-corrected chi connectivity index (χ2v) is 4.66. The molecule has 1 aromatic rings. The van der Waals surface area contributed by atoms with Crippen molar-refractivity contribution >= 4 is 0 Å². The highest BCUT2D eigenvalue weighted by Crippen LogP contribution is 2.35. The van der Waals surface area contributed by atoms with Crippen LogP contribution in [-0.2, 0) is 9.47 Å². The number of rotatable bonds is 3. The molecule has 3 atom stereocenters. The molecule has 17 heavy (non-hydrogen) atoms. The molecular weight excluding hydrogens is 216 g/mol. The summed E-state index contributed by atoms with van der Waals surface area (Å²) < 4.78 is 11.4. The van der Waals surface area contributed by atoms with Gasteiger partial charge in [-0.25, -0.2) is 0 Å². The fraction of sp³-hybridized carbons (Fsp3) is 0.429. The molecule has 1 saturated heterocycles. The zero-order valence-corrected chi connectivity index (χ0v) is 10.2. The quantitative estimate of drug-likeness (QED) is 0.816. The summed E-state index contributed by atoms with van der Waals surface area (Å²) in [6.07, 6.45) is 0.261. The Morgan fingerprint density at radius 1 is 1.29 bits per heavy atom. The van der Waals surface area contributed by atoms with Crippen molar-refractivity contribution in [1.82, 2.24) is 0 Å². The summed E-state index contributed by atoms with van der Waals surface area (Å²) in [5, 5.41) is 10.3. The van der Waals surface area contributed by atoms with Crippen LogP contribution < -0.4 is 0 Å². The third-order valence-electron chi connectivity index (χ3n) is 2.85. The van der Waals surface area contributed by atoms with Gasteiger partial charge >= 0.3 is 0 Å². The normalized spacial score (nSPS) is 28.9. The molecule has 0 radical (unpaired) electrons. The lowest BCUT2D eigenvalue weighted by atomic mass is 10.0. The zero-order chi connectivity index (χ0) is 12.5. The first kappa shape index (κ1) is 12.3. The minimum absolute atomic E-state index is 0.291. The Hall–Kier alpha value is -1.16. The van der Waals surface area contributed by atoms with Crippen molar-refractivity contribution in [1.29, 1.82) is 0 Å². The van der Waals surface area contributed by atoms with Crippen LogP contribution in [0.2, 0.25) is 0 Å². The van der Waals surface area contributed by atoms with E-state index < -0.39 is 18.0 Å². The average Bonchev–Trinajstić information content (AvgIpc) is 2.65. The Labute approximate surface area is 102 Å². The van der Waals surface area contributed by atoms with Crippen LogP contribution in [0.25, 0.3) is 0 Å². The maximum atomic E-state index is 10.3. The van der Waals surface area contributed by atoms with Crippen LogP contribution in [0.4, 0.5) is 0 Å². The van der Waals surface area contributed by atoms with Crippen LogP contribution >= 0.6 is 0 Å². The molecule has 1 aliphatic rings. The summed E-state index contributed by atoms with van der Waals surface area (Å²) in [7, 11) is 0. The number of aliphatic hydroxyl groups is 1. The minimum atomic E-state index is -0.707. The largest absolute Gasteiger partial charge is 0.386 e. The molecule has 2 rings (SSSR count). The number of ether oxygens (including phenoxy) is 2. The van der Waals surface area contributed by atoms with Crippen LogP contribution in [0.3, 0.4) is 0 Å². The Balaban J connectivity index is 2.19. The fourth-order valence-electron chi connectivity index (χ4n) is 2.08. The van der Waals surface area contributed by atoms with Crippen LogP contribution in [-0.4, -0.2) is 23.1 Å². The highest BCUT2D eigenvalue weighted by molar-refractivity contribution is 5.20. The van der Waals surface area contributed by atoms with Gasteiger partial charge in [0.1, 0.15) is 18.3 Å². The molecule has 1 N–H and O–H groups in total. The van der Waals surface area contributed by atoms with Crippen LogP contribution in [0, 0.1) is 0 Å². The van der Waals surface area contributed by atoms with Gasteiger partial charge in [0.15, 0.2) is 5.79 Å². The van der Waals surface area contributed by atoms with Crippen LogP contribution in [0.1, 0.15) is 25.5 Å². The number of hydrogen-bond donors (Lipinski definition) is 1. The van der Waals surface area contributed by atoms with E-state index in [0.29, 0.717) is 0 Å². The van der Waals surface area contributed by atoms with Crippen LogP contribution in [0.15, 0.2) is 43.0 Å². The van der Waals surface area contributed by atoms with E-state index in [9.17, 15) is 5.11 Å². The topological polar surface area (TPSA) is 38.7 Å². The average molecular weight is 234 g/mol. The van der Waals surface area contributed by atoms with Gasteiger partial charge in [-0.1, -0.05) is 36.4 Å². The van der Waals surface area contributed by atoms with E-state index in [1.807, 2.05) is 44.2 Å². The second kappa shape index (κ2) is 4.61. The van der Waals surface area contributed by atoms with Crippen molar-refractivity contribution in [2.24, 2.45) is 0 Å². The molecule has 0 amide bonds. The first-order valence-electron chi connectivity index (χ1n) is 5.75. The standard InChI is InChI=1S/C14H18O3/c1-4-11-13(17-14(2,3)16-11)12(15)10-8-6-5-7-9-10/h4-9,11-13,15H,1H2,2-3H3/t11-,12-,13-/m1/s1. The molecule has 0 unspecified atom stereocenters. The Morgan fingerprint density at radius 3 is 2.53 bits per heavy atom. The summed E-state index contributed by atoms with van der Waals surface area (Å²) in [6.45, 7) is 7.39. The molecule has 1 aliphatic heterocycles. The van der Waals surface area contributed by atoms with Gasteiger partial charge in [-0.2, -0.15) is 0 Å². The lowest BCUT2D eigenvalue weighted by Crippen LogP contribution is -2.28. The van der Waals surface area contributed by atoms with E-state index in [4.69, 9.17) is 9.47 Å². The summed E-state index contributed by atoms with van der Waals surface area (Å²) >= 11 is 0. The molecule has 0 aliphatic carbocycles. The summed E-state index contributed by atoms with van der Waals surface area (Å²) in [5.41, 5.74) is 0.825. The van der Waals surface area contributed by atoms with Crippen molar-refractivity contribution in [2.75, 3.05) is 0 Å². The molecule has 1 aromatic carbocycles. The highest BCUT2D eigenvalue weighted by atomic mass is 16.8. The SMILES string of the molecule is C=C[C@H]1OC(C)(C)O[C@H]1[C@H](O)c1ccccc1. The predicted molar refractivity (Wildman–Crippen MR) is 65.4 cm³/mol. The van der Waals surface area contributed by atoms with Gasteiger partial charge < -0.3 is 14.6 Å². The summed E-state index contributed by atoms with van der Waals surface area (Å²) in [4.78, 5) is 0. The molecule has 0 aromatic heterocycles. The number of hydrogen-bond acceptors (Lipinski definition) is 3. The van der Waals surface area contributed by atoms with Crippen molar-refractivity contribution in [3.8, 4) is 0 Å². The monoisotopic (exact) mass is 234 g/mol. The lowest BCUT2D eigenvalue weighted by Gasteiger charge is -2.21. The Morgan fingerprint density at radius 2 is 1.94 bits per heavy atom. The molecule has 1 heterocycles. The fourth-order valence-corrected chi connectivity index (χ4v) is 2.08. The third-order valence-corrected chi connectivity index (χ3v) is 2.85. The van der Waals surface area contributed by atoms with Crippen molar-refractivity contribution in [3.05, 3.63) is 48.6 Å². The Bertz CT molecular complexity index is 386. The lowest BCUT2D eigenvalue weighted by molar-refractivity contribution is -0.153. The molecule has 3 nitrogen and oxygen atoms in total. The van der Waals surface area contributed by atoms with Gasteiger partial charge in [-0.3, -0.25) is 0 Å². The van der Waals surface area contributed by atoms with Gasteiger partial charge in [0.25, 0.3) is 0 Å². The number of benzene rings is 1. The van der Waals surface area contributed by atoms with Crippen molar-refractivity contribution in [2.45, 2.75) is 37.9 Å². The van der Waals surface area contributed by atoms with E-state index in [2.05, 4.69) is 6.58 Å². The van der Waals surface area contributed by atoms with Gasteiger partial charge in [-0.05, 0) is 19.4 Å². The Kier molecular flexibility index (Phi) is 3.33. The van der Waals surface area contributed by atoms with E-state index >= 15 is 0 Å². The maximum Gasteiger partial charge on any atom is 0.164 e. The molecule has 3 heteroatoms. The maximum absolute atomic E-state index is 10.3.